The fourth-order valence-electron chi connectivity index (χ4n) is 2.48. The summed E-state index contributed by atoms with van der Waals surface area (Å²) in [6.45, 7) is 0.318. The summed E-state index contributed by atoms with van der Waals surface area (Å²) in [5.74, 6) is 2.12. The second kappa shape index (κ2) is 7.33. The molecule has 0 saturated heterocycles. The van der Waals surface area contributed by atoms with Crippen LogP contribution in [0.3, 0.4) is 0 Å². The number of nitrogens with zero attached hydrogens (tertiary/aromatic N) is 4. The lowest BCUT2D eigenvalue weighted by atomic mass is 10.1. The Balaban J connectivity index is 1.56. The molecule has 3 heterocycles. The molecule has 4 aromatic rings. The van der Waals surface area contributed by atoms with Gasteiger partial charge in [-0.05, 0) is 47.9 Å². The minimum atomic E-state index is 0.318. The van der Waals surface area contributed by atoms with E-state index in [1.807, 2.05) is 30.3 Å². The monoisotopic (exact) mass is 363 g/mol. The third-order valence-electron chi connectivity index (χ3n) is 3.71. The number of benzene rings is 1. The molecule has 0 atom stereocenters. The zero-order valence-electron chi connectivity index (χ0n) is 13.6. The van der Waals surface area contributed by atoms with Gasteiger partial charge in [-0.15, -0.1) is 0 Å². The lowest BCUT2D eigenvalue weighted by molar-refractivity contribution is 0.296. The summed E-state index contributed by atoms with van der Waals surface area (Å²) in [5, 5.41) is 5.70. The second-order valence-corrected chi connectivity index (χ2v) is 5.88. The Morgan fingerprint density at radius 3 is 2.62 bits per heavy atom. The van der Waals surface area contributed by atoms with E-state index in [1.54, 1.807) is 36.9 Å². The summed E-state index contributed by atoms with van der Waals surface area (Å²) in [4.78, 5) is 16.8. The van der Waals surface area contributed by atoms with Crippen LogP contribution >= 0.6 is 11.6 Å². The van der Waals surface area contributed by atoms with Crippen molar-refractivity contribution in [2.45, 2.75) is 6.61 Å². The largest absolute Gasteiger partial charge is 0.486 e. The van der Waals surface area contributed by atoms with E-state index in [1.165, 1.54) is 0 Å². The number of halogens is 1. The van der Waals surface area contributed by atoms with E-state index in [2.05, 4.69) is 25.3 Å². The third-order valence-corrected chi connectivity index (χ3v) is 3.94. The predicted octanol–water partition coefficient (Wildman–Crippen LogP) is 4.40. The van der Waals surface area contributed by atoms with Crippen LogP contribution in [-0.4, -0.2) is 19.9 Å². The number of ether oxygens (including phenoxy) is 1. The van der Waals surface area contributed by atoms with Crippen LogP contribution in [0.2, 0.25) is 5.15 Å². The van der Waals surface area contributed by atoms with Crippen LogP contribution in [0.1, 0.15) is 5.82 Å². The van der Waals surface area contributed by atoms with Crippen molar-refractivity contribution in [3.63, 3.8) is 0 Å². The van der Waals surface area contributed by atoms with Gasteiger partial charge in [0.05, 0.1) is 11.9 Å². The molecule has 7 heteroatoms. The number of fused-ring (bicyclic) bond motifs is 1. The number of hydrogen-bond donors (Lipinski definition) is 1. The van der Waals surface area contributed by atoms with Crippen molar-refractivity contribution in [3.8, 4) is 5.75 Å². The maximum atomic E-state index is 5.82. The van der Waals surface area contributed by atoms with E-state index >= 15 is 0 Å². The van der Waals surface area contributed by atoms with Gasteiger partial charge in [0.2, 0.25) is 0 Å². The Morgan fingerprint density at radius 1 is 0.923 bits per heavy atom. The topological polar surface area (TPSA) is 72.8 Å². The summed E-state index contributed by atoms with van der Waals surface area (Å²) < 4.78 is 5.78. The summed E-state index contributed by atoms with van der Waals surface area (Å²) in [6.07, 6.45) is 6.81. The smallest absolute Gasteiger partial charge is 0.166 e. The van der Waals surface area contributed by atoms with E-state index in [0.29, 0.717) is 17.6 Å². The fraction of sp³-hybridized carbons (Fsp3) is 0.0526. The van der Waals surface area contributed by atoms with Crippen molar-refractivity contribution >= 4 is 33.9 Å². The van der Waals surface area contributed by atoms with Gasteiger partial charge in [-0.1, -0.05) is 11.6 Å². The zero-order valence-corrected chi connectivity index (χ0v) is 14.4. The average Bonchev–Trinajstić information content (AvgIpc) is 2.69. The first-order valence-electron chi connectivity index (χ1n) is 7.94. The highest BCUT2D eigenvalue weighted by Gasteiger charge is 2.06. The molecule has 26 heavy (non-hydrogen) atoms. The standard InChI is InChI=1S/C19H14ClN5O/c20-17-5-2-14(11-24-17)25-19-16-4-3-15(10-13(16)6-9-23-19)26-12-18-21-7-1-8-22-18/h1-11H,12H2,(H,23,25). The molecule has 4 rings (SSSR count). The van der Waals surface area contributed by atoms with Gasteiger partial charge >= 0.3 is 0 Å². The Hall–Kier alpha value is -3.25. The summed E-state index contributed by atoms with van der Waals surface area (Å²) >= 11 is 5.82. The molecule has 0 fully saturated rings. The van der Waals surface area contributed by atoms with E-state index in [4.69, 9.17) is 16.3 Å². The molecule has 1 aromatic carbocycles. The number of nitrogens with one attached hydrogen (secondary N) is 1. The molecule has 128 valence electrons. The van der Waals surface area contributed by atoms with Crippen molar-refractivity contribution in [2.75, 3.05) is 5.32 Å². The molecule has 0 aliphatic heterocycles. The van der Waals surface area contributed by atoms with Crippen molar-refractivity contribution in [2.24, 2.45) is 0 Å². The quantitative estimate of drug-likeness (QED) is 0.530. The lowest BCUT2D eigenvalue weighted by Crippen LogP contribution is -2.00. The van der Waals surface area contributed by atoms with Crippen LogP contribution in [0.5, 0.6) is 5.75 Å². The van der Waals surface area contributed by atoms with Crippen LogP contribution in [0.15, 0.2) is 67.3 Å². The van der Waals surface area contributed by atoms with Crippen LogP contribution in [0.25, 0.3) is 10.8 Å². The van der Waals surface area contributed by atoms with Crippen molar-refractivity contribution in [1.82, 2.24) is 19.9 Å². The highest BCUT2D eigenvalue weighted by Crippen LogP contribution is 2.27. The molecular weight excluding hydrogens is 350 g/mol. The van der Waals surface area contributed by atoms with Crippen LogP contribution < -0.4 is 10.1 Å². The first-order chi connectivity index (χ1) is 12.8. The van der Waals surface area contributed by atoms with E-state index in [0.717, 1.165) is 28.0 Å². The van der Waals surface area contributed by atoms with Crippen molar-refractivity contribution in [3.05, 3.63) is 78.2 Å². The highest BCUT2D eigenvalue weighted by molar-refractivity contribution is 6.29. The Morgan fingerprint density at radius 2 is 1.81 bits per heavy atom. The number of rotatable bonds is 5. The molecule has 0 spiro atoms. The van der Waals surface area contributed by atoms with Crippen LogP contribution in [-0.2, 0) is 6.61 Å². The molecule has 0 saturated carbocycles. The number of anilines is 2. The first-order valence-corrected chi connectivity index (χ1v) is 8.32. The molecule has 0 radical (unpaired) electrons. The Labute approximate surface area is 154 Å². The van der Waals surface area contributed by atoms with Crippen molar-refractivity contribution in [1.29, 1.82) is 0 Å². The molecule has 3 aromatic heterocycles. The zero-order chi connectivity index (χ0) is 17.8. The van der Waals surface area contributed by atoms with E-state index in [9.17, 15) is 0 Å². The molecular formula is C19H14ClN5O. The summed E-state index contributed by atoms with van der Waals surface area (Å²) in [5.41, 5.74) is 0.816. The normalized spacial score (nSPS) is 10.7. The molecule has 0 aliphatic rings. The van der Waals surface area contributed by atoms with Gasteiger partial charge in [0.15, 0.2) is 5.82 Å². The maximum absolute atomic E-state index is 5.82. The molecule has 0 amide bonds. The lowest BCUT2D eigenvalue weighted by Gasteiger charge is -2.10. The molecule has 6 nitrogen and oxygen atoms in total. The van der Waals surface area contributed by atoms with Gasteiger partial charge < -0.3 is 10.1 Å². The fourth-order valence-corrected chi connectivity index (χ4v) is 2.60. The second-order valence-electron chi connectivity index (χ2n) is 5.49. The Kier molecular flexibility index (Phi) is 4.57. The molecule has 0 aliphatic carbocycles. The van der Waals surface area contributed by atoms with Crippen LogP contribution in [0, 0.1) is 0 Å². The van der Waals surface area contributed by atoms with Gasteiger partial charge in [0.25, 0.3) is 0 Å². The van der Waals surface area contributed by atoms with Gasteiger partial charge in [-0.25, -0.2) is 19.9 Å². The van der Waals surface area contributed by atoms with E-state index < -0.39 is 0 Å². The minimum Gasteiger partial charge on any atom is -0.486 e. The first kappa shape index (κ1) is 16.2. The molecule has 0 unspecified atom stereocenters. The Bertz CT molecular complexity index is 1020. The van der Waals surface area contributed by atoms with Crippen molar-refractivity contribution < 1.29 is 4.74 Å². The third kappa shape index (κ3) is 3.70. The number of pyridine rings is 2. The van der Waals surface area contributed by atoms with Gasteiger partial charge in [0, 0.05) is 24.0 Å². The number of hydrogen-bond acceptors (Lipinski definition) is 6. The highest BCUT2D eigenvalue weighted by atomic mass is 35.5. The van der Waals surface area contributed by atoms with Gasteiger partial charge in [0.1, 0.15) is 23.3 Å². The van der Waals surface area contributed by atoms with Gasteiger partial charge in [-0.3, -0.25) is 0 Å². The maximum Gasteiger partial charge on any atom is 0.166 e. The van der Waals surface area contributed by atoms with E-state index in [-0.39, 0.29) is 0 Å². The van der Waals surface area contributed by atoms with Crippen LogP contribution in [0.4, 0.5) is 11.5 Å². The molecule has 1 N–H and O–H groups in total. The summed E-state index contributed by atoms with van der Waals surface area (Å²) in [6, 6.07) is 13.1. The summed E-state index contributed by atoms with van der Waals surface area (Å²) in [7, 11) is 0. The predicted molar refractivity (Wildman–Crippen MR) is 101 cm³/mol. The SMILES string of the molecule is Clc1ccc(Nc2nccc3cc(OCc4ncccn4)ccc23)cn1. The molecule has 0 bridgehead atoms. The minimum absolute atomic E-state index is 0.318. The number of aromatic nitrogens is 4. The average molecular weight is 364 g/mol. The van der Waals surface area contributed by atoms with Gasteiger partial charge in [-0.2, -0.15) is 0 Å².